The lowest BCUT2D eigenvalue weighted by Gasteiger charge is -2.32. The van der Waals surface area contributed by atoms with Crippen LogP contribution in [-0.4, -0.2) is 98.0 Å². The molecule has 4 aromatic rings. The smallest absolute Gasteiger partial charge is 0.262 e. The molecule has 0 aliphatic carbocycles. The van der Waals surface area contributed by atoms with Crippen LogP contribution in [0.5, 0.6) is 0 Å². The third kappa shape index (κ3) is 6.26. The minimum atomic E-state index is -1.00. The summed E-state index contributed by atoms with van der Waals surface area (Å²) >= 11 is 0. The molecule has 2 aromatic carbocycles. The van der Waals surface area contributed by atoms with Crippen LogP contribution < -0.4 is 10.6 Å². The zero-order valence-corrected chi connectivity index (χ0v) is 26.1. The van der Waals surface area contributed by atoms with Crippen molar-refractivity contribution in [1.82, 2.24) is 34.9 Å². The first-order valence-corrected chi connectivity index (χ1v) is 16.1. The third-order valence-electron chi connectivity index (χ3n) is 9.01. The first-order chi connectivity index (χ1) is 23.4. The summed E-state index contributed by atoms with van der Waals surface area (Å²) in [6, 6.07) is 11.8. The Morgan fingerprint density at radius 2 is 1.73 bits per heavy atom. The second-order valence-electron chi connectivity index (χ2n) is 12.1. The van der Waals surface area contributed by atoms with E-state index in [-0.39, 0.29) is 48.9 Å². The molecule has 2 saturated heterocycles. The number of carbonyl (C=O) groups excluding carboxylic acids is 5. The van der Waals surface area contributed by atoms with E-state index in [0.717, 1.165) is 40.0 Å². The largest absolute Gasteiger partial charge is 0.383 e. The van der Waals surface area contributed by atoms with Crippen LogP contribution >= 0.6 is 0 Å². The second kappa shape index (κ2) is 13.3. The van der Waals surface area contributed by atoms with Gasteiger partial charge in [0, 0.05) is 43.5 Å². The molecule has 7 rings (SSSR count). The Bertz CT molecular complexity index is 1920. The van der Waals surface area contributed by atoms with Gasteiger partial charge >= 0.3 is 0 Å². The molecular formula is C34H34N8O6. The average molecular weight is 651 g/mol. The number of aromatic nitrogens is 4. The molecule has 0 bridgehead atoms. The molecule has 14 heteroatoms. The lowest BCUT2D eigenvalue weighted by Crippen LogP contribution is -2.54. The number of hydrogen-bond acceptors (Lipinski definition) is 10. The molecule has 1 atom stereocenters. The average Bonchev–Trinajstić information content (AvgIpc) is 3.69. The predicted molar refractivity (Wildman–Crippen MR) is 173 cm³/mol. The van der Waals surface area contributed by atoms with Gasteiger partial charge in [-0.2, -0.15) is 5.10 Å². The SMILES string of the molecule is O=C1CCC(N2C(=O)c3ccc(NCCOCCC(=O)N4CCC(n5cc(-c6cnc7ccccc7n6)cn5)CC4)cc3C2=O)C(=O)N1. The summed E-state index contributed by atoms with van der Waals surface area (Å²) in [5, 5.41) is 9.94. The van der Waals surface area contributed by atoms with E-state index in [2.05, 4.69) is 20.7 Å². The van der Waals surface area contributed by atoms with Crippen LogP contribution in [0.4, 0.5) is 5.69 Å². The maximum atomic E-state index is 13.0. The first kappa shape index (κ1) is 31.1. The molecule has 5 amide bonds. The second-order valence-corrected chi connectivity index (χ2v) is 12.1. The van der Waals surface area contributed by atoms with E-state index < -0.39 is 29.7 Å². The number of anilines is 1. The molecule has 3 aliphatic rings. The Balaban J connectivity index is 0.823. The molecule has 0 saturated carbocycles. The number of hydrogen-bond donors (Lipinski definition) is 2. The summed E-state index contributed by atoms with van der Waals surface area (Å²) < 4.78 is 7.66. The number of piperidine rings is 2. The van der Waals surface area contributed by atoms with E-state index >= 15 is 0 Å². The minimum Gasteiger partial charge on any atom is -0.383 e. The number of likely N-dealkylation sites (tertiary alicyclic amines) is 1. The van der Waals surface area contributed by atoms with E-state index in [1.807, 2.05) is 46.2 Å². The van der Waals surface area contributed by atoms with E-state index in [1.165, 1.54) is 0 Å². The molecule has 2 N–H and O–H groups in total. The predicted octanol–water partition coefficient (Wildman–Crippen LogP) is 2.58. The van der Waals surface area contributed by atoms with Crippen LogP contribution in [0.15, 0.2) is 61.1 Å². The van der Waals surface area contributed by atoms with Crippen LogP contribution in [-0.2, 0) is 19.1 Å². The summed E-state index contributed by atoms with van der Waals surface area (Å²) in [5.74, 6) is -2.11. The fourth-order valence-electron chi connectivity index (χ4n) is 6.41. The monoisotopic (exact) mass is 650 g/mol. The summed E-state index contributed by atoms with van der Waals surface area (Å²) in [7, 11) is 0. The number of carbonyl (C=O) groups is 5. The van der Waals surface area contributed by atoms with E-state index in [4.69, 9.17) is 9.72 Å². The summed E-state index contributed by atoms with van der Waals surface area (Å²) in [4.78, 5) is 74.5. The van der Waals surface area contributed by atoms with Gasteiger partial charge in [-0.05, 0) is 49.6 Å². The van der Waals surface area contributed by atoms with Gasteiger partial charge in [0.1, 0.15) is 6.04 Å². The molecule has 246 valence electrons. The Morgan fingerprint density at radius 1 is 0.938 bits per heavy atom. The van der Waals surface area contributed by atoms with Gasteiger partial charge < -0.3 is 15.0 Å². The molecule has 5 heterocycles. The summed E-state index contributed by atoms with van der Waals surface area (Å²) in [6.45, 7) is 2.35. The molecule has 48 heavy (non-hydrogen) atoms. The van der Waals surface area contributed by atoms with Crippen LogP contribution in [0, 0.1) is 0 Å². The van der Waals surface area contributed by atoms with Gasteiger partial charge in [-0.3, -0.25) is 43.9 Å². The van der Waals surface area contributed by atoms with Crippen molar-refractivity contribution in [2.45, 2.75) is 44.2 Å². The van der Waals surface area contributed by atoms with Crippen LogP contribution in [0.1, 0.15) is 58.9 Å². The molecular weight excluding hydrogens is 616 g/mol. The highest BCUT2D eigenvalue weighted by Gasteiger charge is 2.44. The zero-order chi connectivity index (χ0) is 33.2. The molecule has 1 unspecified atom stereocenters. The maximum Gasteiger partial charge on any atom is 0.262 e. The quantitative estimate of drug-likeness (QED) is 0.192. The standard InChI is InChI=1S/C34H34N8O6/c43-30-8-7-29(32(45)39-30)42-33(46)24-6-5-22(17-25(24)34(42)47)35-12-16-48-15-11-31(44)40-13-9-23(10-14-40)41-20-21(18-37-41)28-19-36-26-3-1-2-4-27(26)38-28/h1-6,17-20,23,29,35H,7-16H2,(H,39,43,45). The van der Waals surface area contributed by atoms with Crippen molar-refractivity contribution in [3.05, 3.63) is 72.2 Å². The molecule has 3 aliphatic heterocycles. The van der Waals surface area contributed by atoms with E-state index in [9.17, 15) is 24.0 Å². The Hall–Kier alpha value is -5.50. The number of fused-ring (bicyclic) bond motifs is 2. The van der Waals surface area contributed by atoms with Gasteiger partial charge in [0.2, 0.25) is 17.7 Å². The van der Waals surface area contributed by atoms with E-state index in [0.29, 0.717) is 31.9 Å². The van der Waals surface area contributed by atoms with E-state index in [1.54, 1.807) is 24.4 Å². The Labute approximate surface area is 275 Å². The van der Waals surface area contributed by atoms with Gasteiger partial charge in [0.05, 0.1) is 65.9 Å². The van der Waals surface area contributed by atoms with Crippen LogP contribution in [0.25, 0.3) is 22.3 Å². The zero-order valence-electron chi connectivity index (χ0n) is 26.1. The number of amides is 5. The topological polar surface area (TPSA) is 169 Å². The summed E-state index contributed by atoms with van der Waals surface area (Å²) in [5.41, 5.74) is 4.43. The van der Waals surface area contributed by atoms with Crippen molar-refractivity contribution >= 4 is 46.3 Å². The third-order valence-corrected chi connectivity index (χ3v) is 9.01. The number of rotatable bonds is 10. The van der Waals surface area contributed by atoms with Crippen molar-refractivity contribution in [2.24, 2.45) is 0 Å². The van der Waals surface area contributed by atoms with Gasteiger partial charge in [-0.1, -0.05) is 12.1 Å². The molecule has 14 nitrogen and oxygen atoms in total. The number of nitrogens with zero attached hydrogens (tertiary/aromatic N) is 6. The number of benzene rings is 2. The molecule has 0 spiro atoms. The fourth-order valence-corrected chi connectivity index (χ4v) is 6.41. The lowest BCUT2D eigenvalue weighted by molar-refractivity contribution is -0.136. The van der Waals surface area contributed by atoms with Crippen molar-refractivity contribution in [3.8, 4) is 11.3 Å². The van der Waals surface area contributed by atoms with Gasteiger partial charge in [0.25, 0.3) is 11.8 Å². The minimum absolute atomic E-state index is 0.0522. The number of ether oxygens (including phenoxy) is 1. The van der Waals surface area contributed by atoms with Crippen LogP contribution in [0.3, 0.4) is 0 Å². The van der Waals surface area contributed by atoms with Crippen molar-refractivity contribution in [2.75, 3.05) is 38.2 Å². The van der Waals surface area contributed by atoms with Crippen molar-refractivity contribution < 1.29 is 28.7 Å². The highest BCUT2D eigenvalue weighted by molar-refractivity contribution is 6.23. The van der Waals surface area contributed by atoms with Gasteiger partial charge in [-0.15, -0.1) is 0 Å². The van der Waals surface area contributed by atoms with Gasteiger partial charge in [-0.25, -0.2) is 4.98 Å². The molecule has 0 radical (unpaired) electrons. The molecule has 2 aromatic heterocycles. The Morgan fingerprint density at radius 3 is 2.54 bits per heavy atom. The van der Waals surface area contributed by atoms with Crippen molar-refractivity contribution in [3.63, 3.8) is 0 Å². The van der Waals surface area contributed by atoms with Crippen molar-refractivity contribution in [1.29, 1.82) is 0 Å². The Kier molecular flexibility index (Phi) is 8.63. The first-order valence-electron chi connectivity index (χ1n) is 16.1. The summed E-state index contributed by atoms with van der Waals surface area (Å²) in [6.07, 6.45) is 7.64. The number of para-hydroxylation sites is 2. The number of imide groups is 2. The highest BCUT2D eigenvalue weighted by Crippen LogP contribution is 2.30. The maximum absolute atomic E-state index is 13.0. The molecule has 2 fully saturated rings. The van der Waals surface area contributed by atoms with Gasteiger partial charge in [0.15, 0.2) is 0 Å². The number of nitrogens with one attached hydrogen (secondary N) is 2. The highest BCUT2D eigenvalue weighted by atomic mass is 16.5. The fraction of sp³-hybridized carbons (Fsp3) is 0.353. The van der Waals surface area contributed by atoms with Crippen LogP contribution in [0.2, 0.25) is 0 Å². The normalized spacial score (nSPS) is 18.4. The lowest BCUT2D eigenvalue weighted by atomic mass is 10.0.